The van der Waals surface area contributed by atoms with Gasteiger partial charge in [-0.15, -0.1) is 11.3 Å². The van der Waals surface area contributed by atoms with Crippen molar-refractivity contribution in [3.8, 4) is 6.07 Å². The van der Waals surface area contributed by atoms with E-state index >= 15 is 0 Å². The molecule has 5 nitrogen and oxygen atoms in total. The maximum Gasteiger partial charge on any atom is 0.193 e. The molecule has 4 rings (SSSR count). The van der Waals surface area contributed by atoms with Crippen LogP contribution in [-0.4, -0.2) is 10.1 Å². The molecule has 0 aliphatic heterocycles. The van der Waals surface area contributed by atoms with Gasteiger partial charge in [0.1, 0.15) is 22.2 Å². The maximum atomic E-state index is 12.2. The van der Waals surface area contributed by atoms with Gasteiger partial charge in [-0.1, -0.05) is 24.3 Å². The van der Waals surface area contributed by atoms with E-state index in [9.17, 15) is 15.2 Å². The standard InChI is InChI=1S/C19H10N2O3S/c20-10-12(19-21-13-6-2-4-8-17(13)25-19)18(23)16-9-14(22)11-5-1-3-7-15(11)24-16/h1-9,23H/b18-12-. The van der Waals surface area contributed by atoms with Crippen LogP contribution in [0.15, 0.2) is 63.8 Å². The molecule has 6 heteroatoms. The van der Waals surface area contributed by atoms with E-state index in [1.165, 1.54) is 17.4 Å². The smallest absolute Gasteiger partial charge is 0.193 e. The van der Waals surface area contributed by atoms with Crippen LogP contribution < -0.4 is 5.43 Å². The second kappa shape index (κ2) is 5.89. The van der Waals surface area contributed by atoms with Gasteiger partial charge in [0.2, 0.25) is 0 Å². The van der Waals surface area contributed by atoms with Crippen LogP contribution in [0.3, 0.4) is 0 Å². The van der Waals surface area contributed by atoms with Crippen molar-refractivity contribution in [2.75, 3.05) is 0 Å². The van der Waals surface area contributed by atoms with Gasteiger partial charge in [0, 0.05) is 6.07 Å². The molecule has 0 amide bonds. The zero-order chi connectivity index (χ0) is 17.4. The van der Waals surface area contributed by atoms with Crippen LogP contribution in [0.5, 0.6) is 0 Å². The average molecular weight is 346 g/mol. The summed E-state index contributed by atoms with van der Waals surface area (Å²) < 4.78 is 6.50. The Kier molecular flexibility index (Phi) is 3.56. The zero-order valence-electron chi connectivity index (χ0n) is 12.8. The van der Waals surface area contributed by atoms with Crippen molar-refractivity contribution in [2.24, 2.45) is 0 Å². The summed E-state index contributed by atoms with van der Waals surface area (Å²) in [5.41, 5.74) is 0.769. The van der Waals surface area contributed by atoms with Crippen molar-refractivity contribution in [3.63, 3.8) is 0 Å². The molecule has 0 saturated heterocycles. The molecule has 0 fully saturated rings. The molecule has 2 aromatic heterocycles. The Hall–Kier alpha value is -3.43. The molecule has 0 spiro atoms. The Labute approximate surface area is 145 Å². The number of benzene rings is 2. The molecule has 120 valence electrons. The quantitative estimate of drug-likeness (QED) is 0.430. The predicted molar refractivity (Wildman–Crippen MR) is 97.2 cm³/mol. The van der Waals surface area contributed by atoms with E-state index in [0.29, 0.717) is 16.0 Å². The number of para-hydroxylation sites is 2. The number of aliphatic hydroxyl groups excluding tert-OH is 1. The van der Waals surface area contributed by atoms with Gasteiger partial charge in [0.05, 0.1) is 15.6 Å². The van der Waals surface area contributed by atoms with Gasteiger partial charge in [-0.25, -0.2) is 4.98 Å². The minimum Gasteiger partial charge on any atom is -0.503 e. The van der Waals surface area contributed by atoms with Gasteiger partial charge in [0.15, 0.2) is 16.9 Å². The van der Waals surface area contributed by atoms with E-state index in [1.54, 1.807) is 24.3 Å². The maximum absolute atomic E-state index is 12.2. The summed E-state index contributed by atoms with van der Waals surface area (Å²) in [6.07, 6.45) is 0. The number of aliphatic hydroxyl groups is 1. The summed E-state index contributed by atoms with van der Waals surface area (Å²) in [7, 11) is 0. The molecule has 2 aromatic carbocycles. The highest BCUT2D eigenvalue weighted by Crippen LogP contribution is 2.31. The Bertz CT molecular complexity index is 1210. The lowest BCUT2D eigenvalue weighted by Crippen LogP contribution is -2.02. The van der Waals surface area contributed by atoms with Gasteiger partial charge in [0.25, 0.3) is 0 Å². The molecule has 0 saturated carbocycles. The van der Waals surface area contributed by atoms with Crippen molar-refractivity contribution in [2.45, 2.75) is 0 Å². The van der Waals surface area contributed by atoms with Gasteiger partial charge >= 0.3 is 0 Å². The number of thiazole rings is 1. The van der Waals surface area contributed by atoms with Gasteiger partial charge in [-0.3, -0.25) is 4.79 Å². The average Bonchev–Trinajstić information content (AvgIpc) is 3.06. The number of nitriles is 1. The minimum absolute atomic E-state index is 0.0281. The fourth-order valence-corrected chi connectivity index (χ4v) is 3.49. The van der Waals surface area contributed by atoms with Crippen LogP contribution in [0.1, 0.15) is 10.8 Å². The van der Waals surface area contributed by atoms with E-state index < -0.39 is 5.76 Å². The molecule has 2 heterocycles. The summed E-state index contributed by atoms with van der Waals surface area (Å²) in [4.78, 5) is 16.6. The van der Waals surface area contributed by atoms with Crippen molar-refractivity contribution in [3.05, 3.63) is 75.6 Å². The molecule has 0 aliphatic rings. The zero-order valence-corrected chi connectivity index (χ0v) is 13.6. The molecule has 25 heavy (non-hydrogen) atoms. The third kappa shape index (κ3) is 2.57. The van der Waals surface area contributed by atoms with Crippen LogP contribution in [0.2, 0.25) is 0 Å². The first-order valence-electron chi connectivity index (χ1n) is 7.40. The fourth-order valence-electron chi connectivity index (χ4n) is 2.53. The fraction of sp³-hybridized carbons (Fsp3) is 0. The number of aromatic nitrogens is 1. The number of nitrogens with zero attached hydrogens (tertiary/aromatic N) is 2. The molecule has 4 aromatic rings. The molecular formula is C19H10N2O3S. The van der Waals surface area contributed by atoms with Crippen LogP contribution in [0, 0.1) is 11.3 Å². The Morgan fingerprint density at radius 2 is 1.92 bits per heavy atom. The van der Waals surface area contributed by atoms with Gasteiger partial charge < -0.3 is 9.52 Å². The number of rotatable bonds is 2. The molecule has 0 bridgehead atoms. The highest BCUT2D eigenvalue weighted by Gasteiger charge is 2.18. The monoisotopic (exact) mass is 346 g/mol. The first-order valence-corrected chi connectivity index (χ1v) is 8.21. The lowest BCUT2D eigenvalue weighted by molar-refractivity contribution is 0.469. The topological polar surface area (TPSA) is 87.1 Å². The van der Waals surface area contributed by atoms with E-state index in [2.05, 4.69) is 4.98 Å². The van der Waals surface area contributed by atoms with Gasteiger partial charge in [-0.05, 0) is 24.3 Å². The summed E-state index contributed by atoms with van der Waals surface area (Å²) in [5.74, 6) is -0.455. The molecular weight excluding hydrogens is 336 g/mol. The second-order valence-corrected chi connectivity index (χ2v) is 6.32. The van der Waals surface area contributed by atoms with Crippen LogP contribution in [0.25, 0.3) is 32.5 Å². The molecule has 1 N–H and O–H groups in total. The third-order valence-corrected chi connectivity index (χ3v) is 4.78. The SMILES string of the molecule is N#C/C(=C(/O)c1cc(=O)c2ccccc2o1)c1nc2ccccc2s1. The number of fused-ring (bicyclic) bond motifs is 2. The summed E-state index contributed by atoms with van der Waals surface area (Å²) in [5, 5.41) is 20.8. The van der Waals surface area contributed by atoms with E-state index in [4.69, 9.17) is 4.42 Å². The number of allylic oxidation sites excluding steroid dienone is 1. The minimum atomic E-state index is -0.399. The first-order chi connectivity index (χ1) is 12.2. The molecule has 0 unspecified atom stereocenters. The summed E-state index contributed by atoms with van der Waals surface area (Å²) in [6, 6.07) is 17.3. The highest BCUT2D eigenvalue weighted by atomic mass is 32.1. The third-order valence-electron chi connectivity index (χ3n) is 3.72. The van der Waals surface area contributed by atoms with Gasteiger partial charge in [-0.2, -0.15) is 5.26 Å². The summed E-state index contributed by atoms with van der Waals surface area (Å²) >= 11 is 1.29. The Morgan fingerprint density at radius 1 is 1.16 bits per heavy atom. The molecule has 0 aliphatic carbocycles. The number of hydrogen-bond donors (Lipinski definition) is 1. The van der Waals surface area contributed by atoms with Crippen molar-refractivity contribution >= 4 is 43.9 Å². The lowest BCUT2D eigenvalue weighted by Gasteiger charge is -2.03. The number of hydrogen-bond acceptors (Lipinski definition) is 6. The normalized spacial score (nSPS) is 12.1. The van der Waals surface area contributed by atoms with E-state index in [1.807, 2.05) is 30.3 Å². The van der Waals surface area contributed by atoms with E-state index in [0.717, 1.165) is 10.2 Å². The highest BCUT2D eigenvalue weighted by molar-refractivity contribution is 7.19. The van der Waals surface area contributed by atoms with Crippen molar-refractivity contribution in [1.29, 1.82) is 5.26 Å². The van der Waals surface area contributed by atoms with Crippen molar-refractivity contribution < 1.29 is 9.52 Å². The second-order valence-electron chi connectivity index (χ2n) is 5.29. The van der Waals surface area contributed by atoms with Crippen LogP contribution in [0.4, 0.5) is 0 Å². The Morgan fingerprint density at radius 3 is 2.72 bits per heavy atom. The van der Waals surface area contributed by atoms with E-state index in [-0.39, 0.29) is 16.8 Å². The molecule has 0 atom stereocenters. The van der Waals surface area contributed by atoms with Crippen molar-refractivity contribution in [1.82, 2.24) is 4.98 Å². The molecule has 0 radical (unpaired) electrons. The summed E-state index contributed by atoms with van der Waals surface area (Å²) in [6.45, 7) is 0. The largest absolute Gasteiger partial charge is 0.503 e. The van der Waals surface area contributed by atoms with Crippen LogP contribution >= 0.6 is 11.3 Å². The lowest BCUT2D eigenvalue weighted by atomic mass is 10.1. The van der Waals surface area contributed by atoms with Crippen LogP contribution in [-0.2, 0) is 0 Å². The predicted octanol–water partition coefficient (Wildman–Crippen LogP) is 4.35. The Balaban J connectivity index is 1.93. The first kappa shape index (κ1) is 15.1.